The van der Waals surface area contributed by atoms with Gasteiger partial charge in [0.15, 0.2) is 0 Å². The molecule has 3 N–H and O–H groups in total. The summed E-state index contributed by atoms with van der Waals surface area (Å²) >= 11 is 8.10. The molecule has 1 atom stereocenters. The van der Waals surface area contributed by atoms with Gasteiger partial charge in [0.2, 0.25) is 0 Å². The van der Waals surface area contributed by atoms with E-state index in [2.05, 4.69) is 22.6 Å². The van der Waals surface area contributed by atoms with Crippen LogP contribution in [-0.4, -0.2) is 11.7 Å². The lowest BCUT2D eigenvalue weighted by Crippen LogP contribution is -2.41. The van der Waals surface area contributed by atoms with Gasteiger partial charge in [0.25, 0.3) is 0 Å². The number of benzene rings is 2. The molecule has 0 fully saturated rings. The standard InChI is InChI=1S/C14H13ClINO/c15-12-5-1-10(2-6-12)14(17,9-18)11-3-7-13(16)8-4-11/h1-8,18H,9,17H2/t14-/m0/s1. The van der Waals surface area contributed by atoms with Crippen LogP contribution in [0.3, 0.4) is 0 Å². The molecule has 94 valence electrons. The van der Waals surface area contributed by atoms with Crippen molar-refractivity contribution in [3.05, 3.63) is 68.3 Å². The van der Waals surface area contributed by atoms with Crippen molar-refractivity contribution in [1.29, 1.82) is 0 Å². The molecule has 18 heavy (non-hydrogen) atoms. The molecule has 0 saturated carbocycles. The lowest BCUT2D eigenvalue weighted by Gasteiger charge is -2.28. The Morgan fingerprint density at radius 1 is 1.00 bits per heavy atom. The van der Waals surface area contributed by atoms with Gasteiger partial charge in [-0.1, -0.05) is 35.9 Å². The van der Waals surface area contributed by atoms with Crippen LogP contribution in [0.1, 0.15) is 11.1 Å². The maximum Gasteiger partial charge on any atom is 0.0900 e. The van der Waals surface area contributed by atoms with Crippen molar-refractivity contribution < 1.29 is 5.11 Å². The quantitative estimate of drug-likeness (QED) is 0.812. The summed E-state index contributed by atoms with van der Waals surface area (Å²) in [6, 6.07) is 15.1. The zero-order valence-electron chi connectivity index (χ0n) is 9.61. The normalized spacial score (nSPS) is 14.2. The van der Waals surface area contributed by atoms with E-state index >= 15 is 0 Å². The molecular weight excluding hydrogens is 361 g/mol. The van der Waals surface area contributed by atoms with Crippen molar-refractivity contribution in [2.75, 3.05) is 6.61 Å². The van der Waals surface area contributed by atoms with E-state index in [9.17, 15) is 5.11 Å². The minimum Gasteiger partial charge on any atom is -0.394 e. The van der Waals surface area contributed by atoms with Crippen molar-refractivity contribution >= 4 is 34.2 Å². The van der Waals surface area contributed by atoms with Crippen LogP contribution in [0, 0.1) is 3.57 Å². The third-order valence-electron chi connectivity index (χ3n) is 2.97. The molecule has 0 aliphatic heterocycles. The molecule has 2 aromatic carbocycles. The molecule has 0 unspecified atom stereocenters. The molecule has 0 spiro atoms. The van der Waals surface area contributed by atoms with E-state index < -0.39 is 5.54 Å². The Labute approximate surface area is 125 Å². The second kappa shape index (κ2) is 5.57. The molecule has 0 aromatic heterocycles. The third-order valence-corrected chi connectivity index (χ3v) is 3.94. The maximum atomic E-state index is 9.67. The Bertz CT molecular complexity index is 479. The average molecular weight is 374 g/mol. The van der Waals surface area contributed by atoms with Gasteiger partial charge in [0.1, 0.15) is 0 Å². The third kappa shape index (κ3) is 2.69. The van der Waals surface area contributed by atoms with Gasteiger partial charge in [-0.3, -0.25) is 0 Å². The van der Waals surface area contributed by atoms with E-state index in [0.29, 0.717) is 5.02 Å². The summed E-state index contributed by atoms with van der Waals surface area (Å²) in [4.78, 5) is 0. The van der Waals surface area contributed by atoms with Gasteiger partial charge in [-0.15, -0.1) is 0 Å². The Balaban J connectivity index is 2.47. The van der Waals surface area contributed by atoms with Gasteiger partial charge in [0, 0.05) is 8.59 Å². The van der Waals surface area contributed by atoms with E-state index in [1.165, 1.54) is 0 Å². The summed E-state index contributed by atoms with van der Waals surface area (Å²) in [5, 5.41) is 10.3. The smallest absolute Gasteiger partial charge is 0.0900 e. The minimum atomic E-state index is -0.894. The van der Waals surface area contributed by atoms with Crippen molar-refractivity contribution in [1.82, 2.24) is 0 Å². The largest absolute Gasteiger partial charge is 0.394 e. The van der Waals surface area contributed by atoms with E-state index in [1.807, 2.05) is 36.4 Å². The zero-order chi connectivity index (χ0) is 13.2. The van der Waals surface area contributed by atoms with Crippen LogP contribution in [-0.2, 0) is 5.54 Å². The zero-order valence-corrected chi connectivity index (χ0v) is 12.5. The lowest BCUT2D eigenvalue weighted by atomic mass is 9.84. The van der Waals surface area contributed by atoms with E-state index in [1.54, 1.807) is 12.1 Å². The average Bonchev–Trinajstić information content (AvgIpc) is 2.39. The first-order chi connectivity index (χ1) is 8.56. The fourth-order valence-corrected chi connectivity index (χ4v) is 2.33. The molecular formula is C14H13ClINO. The molecule has 0 radical (unpaired) electrons. The Morgan fingerprint density at radius 2 is 1.44 bits per heavy atom. The van der Waals surface area contributed by atoms with Crippen LogP contribution in [0.2, 0.25) is 5.02 Å². The van der Waals surface area contributed by atoms with Crippen LogP contribution in [0.25, 0.3) is 0 Å². The molecule has 2 rings (SSSR count). The number of hydrogen-bond donors (Lipinski definition) is 2. The summed E-state index contributed by atoms with van der Waals surface area (Å²) in [6.45, 7) is -0.158. The highest BCUT2D eigenvalue weighted by Gasteiger charge is 2.28. The summed E-state index contributed by atoms with van der Waals surface area (Å²) in [7, 11) is 0. The van der Waals surface area contributed by atoms with Gasteiger partial charge >= 0.3 is 0 Å². The number of aliphatic hydroxyl groups excluding tert-OH is 1. The first-order valence-electron chi connectivity index (χ1n) is 5.48. The molecule has 2 nitrogen and oxygen atoms in total. The van der Waals surface area contributed by atoms with Crippen molar-refractivity contribution in [3.63, 3.8) is 0 Å². The van der Waals surface area contributed by atoms with Crippen molar-refractivity contribution in [3.8, 4) is 0 Å². The van der Waals surface area contributed by atoms with Crippen LogP contribution in [0.15, 0.2) is 48.5 Å². The molecule has 2 aromatic rings. The summed E-state index contributed by atoms with van der Waals surface area (Å²) in [5.41, 5.74) is 7.18. The van der Waals surface area contributed by atoms with Gasteiger partial charge in [0.05, 0.1) is 12.1 Å². The molecule has 0 heterocycles. The number of nitrogens with two attached hydrogens (primary N) is 1. The second-order valence-electron chi connectivity index (χ2n) is 4.14. The van der Waals surface area contributed by atoms with Gasteiger partial charge in [-0.25, -0.2) is 0 Å². The fourth-order valence-electron chi connectivity index (χ4n) is 1.84. The number of hydrogen-bond acceptors (Lipinski definition) is 2. The molecule has 4 heteroatoms. The highest BCUT2D eigenvalue weighted by atomic mass is 127. The van der Waals surface area contributed by atoms with E-state index in [-0.39, 0.29) is 6.61 Å². The number of halogens is 2. The number of rotatable bonds is 3. The van der Waals surface area contributed by atoms with Gasteiger partial charge < -0.3 is 10.8 Å². The summed E-state index contributed by atoms with van der Waals surface area (Å²) in [6.07, 6.45) is 0. The van der Waals surface area contributed by atoms with Gasteiger partial charge in [-0.05, 0) is 58.0 Å². The van der Waals surface area contributed by atoms with Crippen LogP contribution < -0.4 is 5.73 Å². The van der Waals surface area contributed by atoms with E-state index in [4.69, 9.17) is 17.3 Å². The molecule has 0 aliphatic carbocycles. The Morgan fingerprint density at radius 3 is 1.89 bits per heavy atom. The highest BCUT2D eigenvalue weighted by Crippen LogP contribution is 2.28. The molecule has 0 bridgehead atoms. The van der Waals surface area contributed by atoms with Crippen LogP contribution in [0.4, 0.5) is 0 Å². The minimum absolute atomic E-state index is 0.158. The molecule has 0 amide bonds. The first kappa shape index (κ1) is 13.8. The molecule has 0 saturated heterocycles. The maximum absolute atomic E-state index is 9.67. The molecule has 0 aliphatic rings. The predicted octanol–water partition coefficient (Wildman–Crippen LogP) is 3.14. The van der Waals surface area contributed by atoms with Crippen LogP contribution in [0.5, 0.6) is 0 Å². The second-order valence-corrected chi connectivity index (χ2v) is 5.83. The monoisotopic (exact) mass is 373 g/mol. The summed E-state index contributed by atoms with van der Waals surface area (Å²) in [5.74, 6) is 0. The Hall–Kier alpha value is -0.620. The van der Waals surface area contributed by atoms with Crippen LogP contribution >= 0.6 is 34.2 Å². The predicted molar refractivity (Wildman–Crippen MR) is 82.7 cm³/mol. The first-order valence-corrected chi connectivity index (χ1v) is 6.94. The highest BCUT2D eigenvalue weighted by molar-refractivity contribution is 14.1. The SMILES string of the molecule is N[C@@](CO)(c1ccc(Cl)cc1)c1ccc(I)cc1. The fraction of sp³-hybridized carbons (Fsp3) is 0.143. The topological polar surface area (TPSA) is 46.2 Å². The van der Waals surface area contributed by atoms with Crippen molar-refractivity contribution in [2.24, 2.45) is 5.73 Å². The van der Waals surface area contributed by atoms with Crippen molar-refractivity contribution in [2.45, 2.75) is 5.54 Å². The van der Waals surface area contributed by atoms with E-state index in [0.717, 1.165) is 14.7 Å². The lowest BCUT2D eigenvalue weighted by molar-refractivity contribution is 0.223. The number of aliphatic hydroxyl groups is 1. The Kier molecular flexibility index (Phi) is 4.27. The van der Waals surface area contributed by atoms with Gasteiger partial charge in [-0.2, -0.15) is 0 Å². The summed E-state index contributed by atoms with van der Waals surface area (Å²) < 4.78 is 1.13.